The Bertz CT molecular complexity index is 551. The Hall–Kier alpha value is -2.37. The Morgan fingerprint density at radius 3 is 3.05 bits per heavy atom. The molecule has 0 aromatic carbocycles. The van der Waals surface area contributed by atoms with Crippen LogP contribution in [0.3, 0.4) is 0 Å². The number of hydrogen-bond donors (Lipinski definition) is 1. The van der Waals surface area contributed by atoms with E-state index in [4.69, 9.17) is 10.5 Å². The van der Waals surface area contributed by atoms with E-state index in [0.29, 0.717) is 19.0 Å². The molecule has 0 aliphatic carbocycles. The van der Waals surface area contributed by atoms with Crippen LogP contribution < -0.4 is 5.73 Å². The summed E-state index contributed by atoms with van der Waals surface area (Å²) in [5.74, 6) is -0.150. The first kappa shape index (κ1) is 13.1. The van der Waals surface area contributed by atoms with Gasteiger partial charge in [0.05, 0.1) is 12.9 Å². The van der Waals surface area contributed by atoms with E-state index in [-0.39, 0.29) is 5.69 Å². The summed E-state index contributed by atoms with van der Waals surface area (Å²) in [6, 6.07) is 3.88. The maximum absolute atomic E-state index is 11.6. The minimum atomic E-state index is -0.486. The largest absolute Gasteiger partial charge is 0.461 e. The van der Waals surface area contributed by atoms with E-state index in [1.807, 2.05) is 12.1 Å². The summed E-state index contributed by atoms with van der Waals surface area (Å²) in [6.45, 7) is 2.69. The minimum Gasteiger partial charge on any atom is -0.461 e. The van der Waals surface area contributed by atoms with Gasteiger partial charge < -0.3 is 15.0 Å². The fraction of sp³-hybridized carbons (Fsp3) is 0.308. The topological polar surface area (TPSA) is 83.0 Å². The van der Waals surface area contributed by atoms with Crippen LogP contribution in [-0.4, -0.2) is 27.1 Å². The monoisotopic (exact) mass is 260 g/mol. The predicted octanol–water partition coefficient (Wildman–Crippen LogP) is 1.28. The molecule has 0 amide bonds. The number of nitrogen functional groups attached to an aromatic ring is 1. The molecule has 0 bridgehead atoms. The van der Waals surface area contributed by atoms with Gasteiger partial charge in [-0.3, -0.25) is 4.98 Å². The maximum atomic E-state index is 11.6. The zero-order chi connectivity index (χ0) is 13.7. The fourth-order valence-corrected chi connectivity index (χ4v) is 1.72. The Labute approximate surface area is 111 Å². The zero-order valence-electron chi connectivity index (χ0n) is 10.7. The van der Waals surface area contributed by atoms with Crippen molar-refractivity contribution in [1.82, 2.24) is 14.5 Å². The first-order valence-electron chi connectivity index (χ1n) is 6.09. The molecule has 2 aromatic heterocycles. The lowest BCUT2D eigenvalue weighted by molar-refractivity contribution is 0.0521. The molecule has 0 saturated carbocycles. The number of pyridine rings is 1. The smallest absolute Gasteiger partial charge is 0.360 e. The summed E-state index contributed by atoms with van der Waals surface area (Å²) in [4.78, 5) is 19.6. The van der Waals surface area contributed by atoms with Crippen LogP contribution in [0.4, 0.5) is 5.82 Å². The molecule has 0 aliphatic heterocycles. The van der Waals surface area contributed by atoms with E-state index in [1.165, 1.54) is 0 Å². The summed E-state index contributed by atoms with van der Waals surface area (Å²) in [6.07, 6.45) is 5.86. The van der Waals surface area contributed by atoms with Gasteiger partial charge in [0, 0.05) is 18.9 Å². The van der Waals surface area contributed by atoms with Crippen molar-refractivity contribution in [3.63, 3.8) is 0 Å². The van der Waals surface area contributed by atoms with E-state index in [0.717, 1.165) is 12.0 Å². The second-order valence-corrected chi connectivity index (χ2v) is 4.00. The molecular weight excluding hydrogens is 244 g/mol. The quantitative estimate of drug-likeness (QED) is 0.819. The van der Waals surface area contributed by atoms with E-state index < -0.39 is 5.97 Å². The molecule has 0 spiro atoms. The van der Waals surface area contributed by atoms with E-state index in [1.54, 1.807) is 30.2 Å². The molecule has 0 saturated heterocycles. The van der Waals surface area contributed by atoms with Gasteiger partial charge in [0.2, 0.25) is 0 Å². The van der Waals surface area contributed by atoms with Crippen molar-refractivity contribution in [3.05, 3.63) is 42.1 Å². The van der Waals surface area contributed by atoms with Crippen molar-refractivity contribution in [2.75, 3.05) is 12.3 Å². The highest BCUT2D eigenvalue weighted by Gasteiger charge is 2.16. The molecule has 0 unspecified atom stereocenters. The normalized spacial score (nSPS) is 10.4. The first-order valence-corrected chi connectivity index (χ1v) is 6.09. The van der Waals surface area contributed by atoms with Gasteiger partial charge in [-0.25, -0.2) is 9.78 Å². The van der Waals surface area contributed by atoms with E-state index in [9.17, 15) is 4.79 Å². The highest BCUT2D eigenvalue weighted by atomic mass is 16.5. The van der Waals surface area contributed by atoms with Gasteiger partial charge in [-0.05, 0) is 25.0 Å². The van der Waals surface area contributed by atoms with Crippen LogP contribution in [-0.2, 0) is 17.7 Å². The van der Waals surface area contributed by atoms with Gasteiger partial charge in [0.1, 0.15) is 5.82 Å². The average Bonchev–Trinajstić information content (AvgIpc) is 2.79. The molecule has 6 heteroatoms. The number of carbonyl (C=O) groups is 1. The second kappa shape index (κ2) is 5.99. The Balaban J connectivity index is 2.04. The molecular formula is C13H16N4O2. The van der Waals surface area contributed by atoms with Gasteiger partial charge in [-0.2, -0.15) is 0 Å². The standard InChI is InChI=1S/C13H16N4O2/c1-2-19-13(18)11-12(14)17(9-16-11)7-5-10-4-3-6-15-8-10/h3-4,6,8-9H,2,5,7,14H2,1H3. The lowest BCUT2D eigenvalue weighted by Crippen LogP contribution is -2.10. The number of carbonyl (C=O) groups excluding carboxylic acids is 1. The summed E-state index contributed by atoms with van der Waals surface area (Å²) in [5, 5.41) is 0. The number of nitrogens with two attached hydrogens (primary N) is 1. The summed E-state index contributed by atoms with van der Waals surface area (Å²) in [5.41, 5.74) is 7.16. The van der Waals surface area contributed by atoms with Crippen molar-refractivity contribution >= 4 is 11.8 Å². The highest BCUT2D eigenvalue weighted by Crippen LogP contribution is 2.12. The van der Waals surface area contributed by atoms with Crippen LogP contribution in [0.1, 0.15) is 23.0 Å². The first-order chi connectivity index (χ1) is 9.22. The lowest BCUT2D eigenvalue weighted by Gasteiger charge is -2.05. The van der Waals surface area contributed by atoms with Gasteiger partial charge in [0.15, 0.2) is 5.69 Å². The van der Waals surface area contributed by atoms with Crippen molar-refractivity contribution in [2.45, 2.75) is 19.9 Å². The van der Waals surface area contributed by atoms with E-state index in [2.05, 4.69) is 9.97 Å². The lowest BCUT2D eigenvalue weighted by atomic mass is 10.2. The summed E-state index contributed by atoms with van der Waals surface area (Å²) >= 11 is 0. The average molecular weight is 260 g/mol. The highest BCUT2D eigenvalue weighted by molar-refractivity contribution is 5.92. The number of aryl methyl sites for hydroxylation is 2. The van der Waals surface area contributed by atoms with Crippen LogP contribution in [0.2, 0.25) is 0 Å². The minimum absolute atomic E-state index is 0.174. The molecule has 2 aromatic rings. The van der Waals surface area contributed by atoms with Crippen LogP contribution >= 0.6 is 0 Å². The molecule has 6 nitrogen and oxygen atoms in total. The summed E-state index contributed by atoms with van der Waals surface area (Å²) in [7, 11) is 0. The number of esters is 1. The number of hydrogen-bond acceptors (Lipinski definition) is 5. The Morgan fingerprint density at radius 1 is 1.53 bits per heavy atom. The Kier molecular flexibility index (Phi) is 4.12. The van der Waals surface area contributed by atoms with Gasteiger partial charge >= 0.3 is 5.97 Å². The molecule has 2 rings (SSSR count). The van der Waals surface area contributed by atoms with Crippen molar-refractivity contribution < 1.29 is 9.53 Å². The second-order valence-electron chi connectivity index (χ2n) is 4.00. The number of imidazole rings is 1. The Morgan fingerprint density at radius 2 is 2.37 bits per heavy atom. The predicted molar refractivity (Wildman–Crippen MR) is 70.5 cm³/mol. The van der Waals surface area contributed by atoms with Crippen LogP contribution in [0.15, 0.2) is 30.9 Å². The van der Waals surface area contributed by atoms with Crippen molar-refractivity contribution in [2.24, 2.45) is 0 Å². The van der Waals surface area contributed by atoms with Gasteiger partial charge in [0.25, 0.3) is 0 Å². The molecule has 2 heterocycles. The number of aromatic nitrogens is 3. The van der Waals surface area contributed by atoms with Crippen LogP contribution in [0.5, 0.6) is 0 Å². The SMILES string of the molecule is CCOC(=O)c1ncn(CCc2cccnc2)c1N. The molecule has 0 atom stereocenters. The third-order valence-corrected chi connectivity index (χ3v) is 2.71. The fourth-order valence-electron chi connectivity index (χ4n) is 1.72. The summed E-state index contributed by atoms with van der Waals surface area (Å²) < 4.78 is 6.62. The maximum Gasteiger partial charge on any atom is 0.360 e. The zero-order valence-corrected chi connectivity index (χ0v) is 10.7. The van der Waals surface area contributed by atoms with E-state index >= 15 is 0 Å². The molecule has 19 heavy (non-hydrogen) atoms. The molecule has 2 N–H and O–H groups in total. The van der Waals surface area contributed by atoms with Crippen LogP contribution in [0, 0.1) is 0 Å². The van der Waals surface area contributed by atoms with Crippen molar-refractivity contribution in [3.8, 4) is 0 Å². The number of ether oxygens (including phenoxy) is 1. The molecule has 0 fully saturated rings. The third-order valence-electron chi connectivity index (χ3n) is 2.71. The van der Waals surface area contributed by atoms with Crippen LogP contribution in [0.25, 0.3) is 0 Å². The number of rotatable bonds is 5. The third kappa shape index (κ3) is 3.09. The molecule has 100 valence electrons. The van der Waals surface area contributed by atoms with Gasteiger partial charge in [-0.1, -0.05) is 6.07 Å². The van der Waals surface area contributed by atoms with Gasteiger partial charge in [-0.15, -0.1) is 0 Å². The molecule has 0 radical (unpaired) electrons. The van der Waals surface area contributed by atoms with Crippen molar-refractivity contribution in [1.29, 1.82) is 0 Å². The number of nitrogens with zero attached hydrogens (tertiary/aromatic N) is 3. The number of anilines is 1. The molecule has 0 aliphatic rings.